The van der Waals surface area contributed by atoms with Gasteiger partial charge >= 0.3 is 0 Å². The van der Waals surface area contributed by atoms with Crippen LogP contribution < -0.4 is 5.56 Å². The second kappa shape index (κ2) is 6.02. The number of nitrogens with zero attached hydrogens (tertiary/aromatic N) is 2. The van der Waals surface area contributed by atoms with E-state index in [9.17, 15) is 4.79 Å². The molecule has 1 atom stereocenters. The molecule has 0 bridgehead atoms. The molecule has 23 heavy (non-hydrogen) atoms. The van der Waals surface area contributed by atoms with E-state index in [2.05, 4.69) is 23.7 Å². The van der Waals surface area contributed by atoms with E-state index in [1.165, 1.54) is 29.7 Å². The summed E-state index contributed by atoms with van der Waals surface area (Å²) in [4.78, 5) is 25.2. The standard InChI is InChI=1S/C18H25N3OS/c1-11-5-7-21(8-6-11)10-15-19-17(22)16-13-4-3-12(2)9-14(13)23-18(16)20-15/h11-12H,3-10H2,1-2H3,(H,19,20,22)/t12-/m0/s1. The summed E-state index contributed by atoms with van der Waals surface area (Å²) in [5.74, 6) is 2.39. The van der Waals surface area contributed by atoms with Gasteiger partial charge in [-0.2, -0.15) is 0 Å². The van der Waals surface area contributed by atoms with Crippen molar-refractivity contribution in [3.63, 3.8) is 0 Å². The van der Waals surface area contributed by atoms with Crippen molar-refractivity contribution in [3.8, 4) is 0 Å². The Kier molecular flexibility index (Phi) is 4.01. The third-order valence-electron chi connectivity index (χ3n) is 5.46. The SMILES string of the molecule is CC1CCN(Cc2nc3sc4c(c3c(=O)[nH]2)CC[C@H](C)C4)CC1. The molecular weight excluding hydrogens is 306 g/mol. The van der Waals surface area contributed by atoms with E-state index in [-0.39, 0.29) is 5.56 Å². The number of hydrogen-bond acceptors (Lipinski definition) is 4. The van der Waals surface area contributed by atoms with Crippen LogP contribution in [-0.2, 0) is 19.4 Å². The summed E-state index contributed by atoms with van der Waals surface area (Å²) >= 11 is 1.74. The number of fused-ring (bicyclic) bond motifs is 3. The number of hydrogen-bond donors (Lipinski definition) is 1. The highest BCUT2D eigenvalue weighted by Gasteiger charge is 2.23. The highest BCUT2D eigenvalue weighted by atomic mass is 32.1. The van der Waals surface area contributed by atoms with Crippen LogP contribution in [0.4, 0.5) is 0 Å². The van der Waals surface area contributed by atoms with Gasteiger partial charge in [0.2, 0.25) is 0 Å². The lowest BCUT2D eigenvalue weighted by molar-refractivity contribution is 0.181. The van der Waals surface area contributed by atoms with Crippen LogP contribution in [-0.4, -0.2) is 28.0 Å². The van der Waals surface area contributed by atoms with Crippen LogP contribution in [0.2, 0.25) is 0 Å². The Morgan fingerprint density at radius 3 is 2.78 bits per heavy atom. The fourth-order valence-electron chi connectivity index (χ4n) is 3.90. The number of aromatic amines is 1. The zero-order valence-electron chi connectivity index (χ0n) is 14.0. The molecule has 4 rings (SSSR count). The topological polar surface area (TPSA) is 49.0 Å². The lowest BCUT2D eigenvalue weighted by Gasteiger charge is -2.29. The molecule has 0 amide bonds. The molecule has 1 aliphatic heterocycles. The molecule has 2 aromatic heterocycles. The molecule has 4 nitrogen and oxygen atoms in total. The largest absolute Gasteiger partial charge is 0.309 e. The van der Waals surface area contributed by atoms with E-state index in [0.29, 0.717) is 0 Å². The molecule has 0 unspecified atom stereocenters. The quantitative estimate of drug-likeness (QED) is 0.918. The highest BCUT2D eigenvalue weighted by Crippen LogP contribution is 2.35. The number of nitrogens with one attached hydrogen (secondary N) is 1. The maximum atomic E-state index is 12.6. The molecule has 5 heteroatoms. The minimum Gasteiger partial charge on any atom is -0.309 e. The average molecular weight is 331 g/mol. The van der Waals surface area contributed by atoms with Crippen molar-refractivity contribution in [3.05, 3.63) is 26.6 Å². The van der Waals surface area contributed by atoms with Gasteiger partial charge in [-0.05, 0) is 62.6 Å². The maximum Gasteiger partial charge on any atom is 0.259 e. The first-order valence-corrected chi connectivity index (χ1v) is 9.67. The Morgan fingerprint density at radius 1 is 1.22 bits per heavy atom. The van der Waals surface area contributed by atoms with Gasteiger partial charge in [0.05, 0.1) is 11.9 Å². The lowest BCUT2D eigenvalue weighted by atomic mass is 9.89. The fourth-order valence-corrected chi connectivity index (χ4v) is 5.30. The number of thiophene rings is 1. The molecule has 1 fully saturated rings. The average Bonchev–Trinajstić information content (AvgIpc) is 2.87. The zero-order chi connectivity index (χ0) is 16.0. The summed E-state index contributed by atoms with van der Waals surface area (Å²) in [6.45, 7) is 7.62. The van der Waals surface area contributed by atoms with Crippen molar-refractivity contribution in [1.82, 2.24) is 14.9 Å². The van der Waals surface area contributed by atoms with Crippen molar-refractivity contribution in [1.29, 1.82) is 0 Å². The third-order valence-corrected chi connectivity index (χ3v) is 6.61. The minimum absolute atomic E-state index is 0.0717. The zero-order valence-corrected chi connectivity index (χ0v) is 14.8. The molecule has 124 valence electrons. The molecule has 1 aliphatic carbocycles. The van der Waals surface area contributed by atoms with Crippen LogP contribution in [0.25, 0.3) is 10.2 Å². The molecule has 0 spiro atoms. The Bertz CT molecular complexity index is 770. The van der Waals surface area contributed by atoms with Crippen LogP contribution in [0, 0.1) is 11.8 Å². The van der Waals surface area contributed by atoms with E-state index in [1.807, 2.05) is 0 Å². The number of H-pyrrole nitrogens is 1. The second-order valence-electron chi connectivity index (χ2n) is 7.50. The van der Waals surface area contributed by atoms with E-state index < -0.39 is 0 Å². The van der Waals surface area contributed by atoms with Gasteiger partial charge in [-0.3, -0.25) is 9.69 Å². The summed E-state index contributed by atoms with van der Waals surface area (Å²) in [7, 11) is 0. The molecule has 0 radical (unpaired) electrons. The van der Waals surface area contributed by atoms with E-state index in [1.54, 1.807) is 11.3 Å². The normalized spacial score (nSPS) is 23.3. The maximum absolute atomic E-state index is 12.6. The number of aromatic nitrogens is 2. The summed E-state index contributed by atoms with van der Waals surface area (Å²) in [6, 6.07) is 0. The molecule has 2 aromatic rings. The van der Waals surface area contributed by atoms with Crippen molar-refractivity contribution < 1.29 is 0 Å². The Balaban J connectivity index is 1.64. The van der Waals surface area contributed by atoms with E-state index in [4.69, 9.17) is 4.98 Å². The van der Waals surface area contributed by atoms with Gasteiger partial charge in [-0.1, -0.05) is 13.8 Å². The first-order chi connectivity index (χ1) is 11.1. The lowest BCUT2D eigenvalue weighted by Crippen LogP contribution is -2.33. The summed E-state index contributed by atoms with van der Waals surface area (Å²) < 4.78 is 0. The van der Waals surface area contributed by atoms with Gasteiger partial charge < -0.3 is 4.98 Å². The fraction of sp³-hybridized carbons (Fsp3) is 0.667. The summed E-state index contributed by atoms with van der Waals surface area (Å²) in [5.41, 5.74) is 1.35. The van der Waals surface area contributed by atoms with Crippen molar-refractivity contribution in [2.75, 3.05) is 13.1 Å². The predicted octanol–water partition coefficient (Wildman–Crippen LogP) is 3.34. The Morgan fingerprint density at radius 2 is 2.00 bits per heavy atom. The Hall–Kier alpha value is -1.20. The van der Waals surface area contributed by atoms with Crippen LogP contribution in [0.5, 0.6) is 0 Å². The molecular formula is C18H25N3OS. The van der Waals surface area contributed by atoms with Gasteiger partial charge in [0.25, 0.3) is 5.56 Å². The number of aryl methyl sites for hydroxylation is 1. The van der Waals surface area contributed by atoms with Gasteiger partial charge in [0.15, 0.2) is 0 Å². The van der Waals surface area contributed by atoms with Gasteiger partial charge in [0.1, 0.15) is 10.7 Å². The summed E-state index contributed by atoms with van der Waals surface area (Å²) in [5, 5.41) is 0.868. The summed E-state index contributed by atoms with van der Waals surface area (Å²) in [6.07, 6.45) is 5.82. The number of piperidine rings is 1. The first-order valence-electron chi connectivity index (χ1n) is 8.86. The molecule has 0 saturated carbocycles. The first kappa shape index (κ1) is 15.3. The number of likely N-dealkylation sites (tertiary alicyclic amines) is 1. The van der Waals surface area contributed by atoms with Crippen molar-refractivity contribution in [2.24, 2.45) is 11.8 Å². The van der Waals surface area contributed by atoms with Crippen LogP contribution in [0.1, 0.15) is 49.4 Å². The molecule has 3 heterocycles. The van der Waals surface area contributed by atoms with Crippen LogP contribution in [0.3, 0.4) is 0 Å². The third kappa shape index (κ3) is 2.96. The molecule has 1 saturated heterocycles. The van der Waals surface area contributed by atoms with Gasteiger partial charge in [-0.25, -0.2) is 4.98 Å². The van der Waals surface area contributed by atoms with Crippen molar-refractivity contribution >= 4 is 21.6 Å². The van der Waals surface area contributed by atoms with Crippen LogP contribution in [0.15, 0.2) is 4.79 Å². The van der Waals surface area contributed by atoms with E-state index in [0.717, 1.165) is 60.4 Å². The Labute approximate surface area is 140 Å². The molecule has 2 aliphatic rings. The number of rotatable bonds is 2. The predicted molar refractivity (Wildman–Crippen MR) is 95.1 cm³/mol. The smallest absolute Gasteiger partial charge is 0.259 e. The van der Waals surface area contributed by atoms with Gasteiger partial charge in [-0.15, -0.1) is 11.3 Å². The van der Waals surface area contributed by atoms with E-state index >= 15 is 0 Å². The van der Waals surface area contributed by atoms with Crippen LogP contribution >= 0.6 is 11.3 Å². The molecule has 1 N–H and O–H groups in total. The van der Waals surface area contributed by atoms with Crippen molar-refractivity contribution in [2.45, 2.75) is 52.5 Å². The second-order valence-corrected chi connectivity index (χ2v) is 8.59. The van der Waals surface area contributed by atoms with Gasteiger partial charge in [0, 0.05) is 4.88 Å². The highest BCUT2D eigenvalue weighted by molar-refractivity contribution is 7.18. The molecule has 0 aromatic carbocycles. The minimum atomic E-state index is 0.0717. The monoisotopic (exact) mass is 331 g/mol.